The van der Waals surface area contributed by atoms with Crippen molar-refractivity contribution in [2.24, 2.45) is 10.2 Å². The minimum Gasteiger partial charge on any atom is -0.481 e. The normalized spacial score (nSPS) is 17.1. The van der Waals surface area contributed by atoms with Crippen LogP contribution in [0.25, 0.3) is 10.8 Å². The van der Waals surface area contributed by atoms with E-state index in [1.807, 2.05) is 36.4 Å². The number of nitrogens with one attached hydrogen (secondary N) is 1. The molecule has 1 heterocycles. The third-order valence-electron chi connectivity index (χ3n) is 4.57. The molecule has 3 aromatic rings. The van der Waals surface area contributed by atoms with Crippen LogP contribution in [0.4, 0.5) is 0 Å². The molecule has 0 aromatic heterocycles. The zero-order chi connectivity index (χ0) is 22.5. The highest BCUT2D eigenvalue weighted by molar-refractivity contribution is 8.15. The number of nitrogens with zero attached hydrogens (tertiary/aromatic N) is 2. The zero-order valence-corrected chi connectivity index (χ0v) is 17.4. The monoisotopic (exact) mass is 447 g/mol. The molecule has 0 saturated carbocycles. The number of carboxylic acid groups (broad SMARTS) is 1. The van der Waals surface area contributed by atoms with E-state index in [2.05, 4.69) is 15.5 Å². The molecule has 4 rings (SSSR count). The maximum absolute atomic E-state index is 12.7. The summed E-state index contributed by atoms with van der Waals surface area (Å²) in [6, 6.07) is 19.8. The van der Waals surface area contributed by atoms with E-state index in [-0.39, 0.29) is 11.6 Å². The molecule has 1 amide bonds. The van der Waals surface area contributed by atoms with Gasteiger partial charge in [-0.05, 0) is 34.5 Å². The number of benzene rings is 3. The molecule has 1 aliphatic rings. The average molecular weight is 447 g/mol. The second kappa shape index (κ2) is 9.44. The summed E-state index contributed by atoms with van der Waals surface area (Å²) in [5, 5.41) is 20.4. The number of esters is 1. The number of hydrogen-bond donors (Lipinski definition) is 2. The Morgan fingerprint density at radius 3 is 2.72 bits per heavy atom. The number of carbonyl (C=O) groups is 3. The fourth-order valence-electron chi connectivity index (χ4n) is 3.12. The fraction of sp³-hybridized carbons (Fsp3) is 0.0870. The first kappa shape index (κ1) is 21.3. The van der Waals surface area contributed by atoms with Crippen LogP contribution in [-0.2, 0) is 9.59 Å². The van der Waals surface area contributed by atoms with Crippen LogP contribution < -0.4 is 10.1 Å². The molecule has 2 N–H and O–H groups in total. The smallest absolute Gasteiger partial charge is 0.344 e. The molecule has 9 heteroatoms. The molecule has 1 atom stereocenters. The first-order valence-electron chi connectivity index (χ1n) is 9.60. The van der Waals surface area contributed by atoms with Crippen LogP contribution in [0.15, 0.2) is 76.9 Å². The van der Waals surface area contributed by atoms with E-state index >= 15 is 0 Å². The molecule has 1 saturated heterocycles. The maximum Gasteiger partial charge on any atom is 0.344 e. The van der Waals surface area contributed by atoms with Gasteiger partial charge in [0.25, 0.3) is 0 Å². The summed E-state index contributed by atoms with van der Waals surface area (Å²) in [5.41, 5.74) is 1.10. The fourth-order valence-corrected chi connectivity index (χ4v) is 4.03. The molecule has 160 valence electrons. The molecule has 1 aliphatic heterocycles. The number of carboxylic acids is 1. The zero-order valence-electron chi connectivity index (χ0n) is 16.6. The minimum absolute atomic E-state index is 0.232. The van der Waals surface area contributed by atoms with Gasteiger partial charge in [0.1, 0.15) is 11.0 Å². The van der Waals surface area contributed by atoms with Crippen molar-refractivity contribution in [3.8, 4) is 5.75 Å². The number of amidine groups is 1. The molecule has 0 unspecified atom stereocenters. The van der Waals surface area contributed by atoms with Gasteiger partial charge in [-0.15, -0.1) is 5.10 Å². The molecule has 0 bridgehead atoms. The second-order valence-corrected chi connectivity index (χ2v) is 8.02. The van der Waals surface area contributed by atoms with Gasteiger partial charge >= 0.3 is 11.9 Å². The van der Waals surface area contributed by atoms with Crippen molar-refractivity contribution in [3.63, 3.8) is 0 Å². The minimum atomic E-state index is -1.06. The van der Waals surface area contributed by atoms with Crippen LogP contribution in [0, 0.1) is 0 Å². The topological polar surface area (TPSA) is 117 Å². The van der Waals surface area contributed by atoms with Gasteiger partial charge in [0.2, 0.25) is 5.91 Å². The van der Waals surface area contributed by atoms with Gasteiger partial charge < -0.3 is 15.2 Å². The van der Waals surface area contributed by atoms with Gasteiger partial charge in [-0.25, -0.2) is 4.79 Å². The Kier molecular flexibility index (Phi) is 6.27. The van der Waals surface area contributed by atoms with Gasteiger partial charge in [0, 0.05) is 0 Å². The van der Waals surface area contributed by atoms with Gasteiger partial charge in [-0.2, -0.15) is 5.10 Å². The van der Waals surface area contributed by atoms with Gasteiger partial charge in [0.05, 0.1) is 18.2 Å². The third-order valence-corrected chi connectivity index (χ3v) is 5.64. The van der Waals surface area contributed by atoms with Crippen LogP contribution >= 0.6 is 11.8 Å². The molecule has 8 nitrogen and oxygen atoms in total. The number of carbonyl (C=O) groups excluding carboxylic acids is 2. The van der Waals surface area contributed by atoms with E-state index in [0.29, 0.717) is 16.9 Å². The van der Waals surface area contributed by atoms with Crippen LogP contribution in [0.1, 0.15) is 22.3 Å². The molecule has 32 heavy (non-hydrogen) atoms. The van der Waals surface area contributed by atoms with Crippen LogP contribution in [0.5, 0.6) is 5.75 Å². The van der Waals surface area contributed by atoms with Gasteiger partial charge in [-0.3, -0.25) is 9.59 Å². The predicted molar refractivity (Wildman–Crippen MR) is 122 cm³/mol. The van der Waals surface area contributed by atoms with Crippen molar-refractivity contribution in [2.45, 2.75) is 11.7 Å². The number of thioether (sulfide) groups is 1. The van der Waals surface area contributed by atoms with Crippen molar-refractivity contribution < 1.29 is 24.2 Å². The SMILES string of the molecule is O=C(O)C[C@H]1S/C(=N/N=C\c2cccc(OC(=O)c3cccc4ccccc34)c2)NC1=O. The molecule has 0 aliphatic carbocycles. The van der Waals surface area contributed by atoms with Crippen LogP contribution in [-0.4, -0.2) is 39.6 Å². The van der Waals surface area contributed by atoms with Crippen molar-refractivity contribution in [3.05, 3.63) is 77.9 Å². The summed E-state index contributed by atoms with van der Waals surface area (Å²) in [7, 11) is 0. The first-order chi connectivity index (χ1) is 15.5. The Bertz CT molecular complexity index is 1270. The molecular formula is C23H17N3O5S. The molecule has 1 fully saturated rings. The van der Waals surface area contributed by atoms with Crippen molar-refractivity contribution in [2.75, 3.05) is 0 Å². The maximum atomic E-state index is 12.7. The number of aliphatic carboxylic acids is 1. The second-order valence-electron chi connectivity index (χ2n) is 6.83. The summed E-state index contributed by atoms with van der Waals surface area (Å²) in [6.07, 6.45) is 1.16. The Hall–Kier alpha value is -3.98. The average Bonchev–Trinajstić information content (AvgIpc) is 3.12. The highest BCUT2D eigenvalue weighted by Gasteiger charge is 2.32. The lowest BCUT2D eigenvalue weighted by Crippen LogP contribution is -2.26. The van der Waals surface area contributed by atoms with E-state index in [1.165, 1.54) is 6.21 Å². The van der Waals surface area contributed by atoms with E-state index in [4.69, 9.17) is 9.84 Å². The standard InChI is InChI=1S/C23H17N3O5S/c27-20(28)12-19-21(29)25-23(32-19)26-24-13-14-5-3-8-16(11-14)31-22(30)18-10-4-7-15-6-1-2-9-17(15)18/h1-11,13,19H,12H2,(H,27,28)(H,25,26,29)/b24-13-/t19-/m1/s1. The van der Waals surface area contributed by atoms with E-state index in [1.54, 1.807) is 30.3 Å². The summed E-state index contributed by atoms with van der Waals surface area (Å²) >= 11 is 1.02. The number of fused-ring (bicyclic) bond motifs is 1. The Labute approximate surface area is 187 Å². The quantitative estimate of drug-likeness (QED) is 0.259. The summed E-state index contributed by atoms with van der Waals surface area (Å²) in [5.74, 6) is -1.58. The van der Waals surface area contributed by atoms with Gasteiger partial charge in [0.15, 0.2) is 5.17 Å². The lowest BCUT2D eigenvalue weighted by Gasteiger charge is -2.07. The molecule has 0 spiro atoms. The van der Waals surface area contributed by atoms with Crippen molar-refractivity contribution >= 4 is 51.8 Å². The number of ether oxygens (including phenoxy) is 1. The van der Waals surface area contributed by atoms with Crippen LogP contribution in [0.2, 0.25) is 0 Å². The summed E-state index contributed by atoms with van der Waals surface area (Å²) in [4.78, 5) is 35.2. The lowest BCUT2D eigenvalue weighted by molar-refractivity contribution is -0.138. The lowest BCUT2D eigenvalue weighted by atomic mass is 10.0. The number of rotatable bonds is 6. The largest absolute Gasteiger partial charge is 0.481 e. The molecular weight excluding hydrogens is 430 g/mol. The van der Waals surface area contributed by atoms with Crippen molar-refractivity contribution in [1.29, 1.82) is 0 Å². The van der Waals surface area contributed by atoms with E-state index < -0.39 is 23.1 Å². The summed E-state index contributed by atoms with van der Waals surface area (Å²) in [6.45, 7) is 0. The Balaban J connectivity index is 1.44. The van der Waals surface area contributed by atoms with E-state index in [9.17, 15) is 14.4 Å². The van der Waals surface area contributed by atoms with E-state index in [0.717, 1.165) is 22.5 Å². The number of hydrogen-bond acceptors (Lipinski definition) is 7. The summed E-state index contributed by atoms with van der Waals surface area (Å²) < 4.78 is 5.54. The highest BCUT2D eigenvalue weighted by Crippen LogP contribution is 2.23. The number of amides is 1. The van der Waals surface area contributed by atoms with Gasteiger partial charge in [-0.1, -0.05) is 60.3 Å². The Morgan fingerprint density at radius 2 is 1.88 bits per heavy atom. The first-order valence-corrected chi connectivity index (χ1v) is 10.5. The predicted octanol–water partition coefficient (Wildman–Crippen LogP) is 3.46. The highest BCUT2D eigenvalue weighted by atomic mass is 32.2. The third kappa shape index (κ3) is 5.01. The molecule has 3 aromatic carbocycles. The van der Waals surface area contributed by atoms with Crippen LogP contribution in [0.3, 0.4) is 0 Å². The Morgan fingerprint density at radius 1 is 1.09 bits per heavy atom. The van der Waals surface area contributed by atoms with Crippen molar-refractivity contribution in [1.82, 2.24) is 5.32 Å². The molecule has 0 radical (unpaired) electrons.